The number of nitrogens with one attached hydrogen (secondary N) is 1. The maximum absolute atomic E-state index is 10.9. The summed E-state index contributed by atoms with van der Waals surface area (Å²) < 4.78 is 4.90. The molecule has 0 aliphatic heterocycles. The average Bonchev–Trinajstić information content (AvgIpc) is 2.05. The number of carbonyl (C=O) groups excluding carboxylic acids is 1. The van der Waals surface area contributed by atoms with E-state index in [2.05, 4.69) is 12.2 Å². The van der Waals surface area contributed by atoms with Gasteiger partial charge in [0.1, 0.15) is 0 Å². The van der Waals surface area contributed by atoms with Crippen molar-refractivity contribution in [3.8, 4) is 0 Å². The first-order valence-corrected chi connectivity index (χ1v) is 4.23. The SMILES string of the molecule is CCCCOC(=O)/C=C(/C)NC. The van der Waals surface area contributed by atoms with Crippen LogP contribution in [0, 0.1) is 0 Å². The van der Waals surface area contributed by atoms with Crippen LogP contribution in [-0.2, 0) is 9.53 Å². The molecule has 0 aromatic rings. The third-order valence-corrected chi connectivity index (χ3v) is 1.47. The Bertz CT molecular complexity index is 164. The predicted molar refractivity (Wildman–Crippen MR) is 48.7 cm³/mol. The Labute approximate surface area is 73.8 Å². The fourth-order valence-corrected chi connectivity index (χ4v) is 0.608. The molecule has 0 aromatic heterocycles. The van der Waals surface area contributed by atoms with E-state index in [4.69, 9.17) is 4.74 Å². The summed E-state index contributed by atoms with van der Waals surface area (Å²) in [5.74, 6) is -0.268. The molecular formula is C9H17NO2. The lowest BCUT2D eigenvalue weighted by Gasteiger charge is -2.01. The summed E-state index contributed by atoms with van der Waals surface area (Å²) in [5.41, 5.74) is 0.816. The lowest BCUT2D eigenvalue weighted by molar-refractivity contribution is -0.137. The number of unbranched alkanes of at least 4 members (excludes halogenated alkanes) is 1. The highest BCUT2D eigenvalue weighted by Gasteiger charge is 1.96. The molecule has 0 saturated carbocycles. The van der Waals surface area contributed by atoms with Gasteiger partial charge in [-0.2, -0.15) is 0 Å². The summed E-state index contributed by atoms with van der Waals surface area (Å²) in [6, 6.07) is 0. The Hall–Kier alpha value is -0.990. The molecule has 0 amide bonds. The standard InChI is InChI=1S/C9H17NO2/c1-4-5-6-12-9(11)7-8(2)10-3/h7,10H,4-6H2,1-3H3/b8-7-. The fourth-order valence-electron chi connectivity index (χ4n) is 0.608. The van der Waals surface area contributed by atoms with Gasteiger partial charge < -0.3 is 10.1 Å². The maximum atomic E-state index is 10.9. The summed E-state index contributed by atoms with van der Waals surface area (Å²) in [6.45, 7) is 4.40. The fraction of sp³-hybridized carbons (Fsp3) is 0.667. The minimum atomic E-state index is -0.268. The molecule has 0 spiro atoms. The van der Waals surface area contributed by atoms with E-state index in [1.54, 1.807) is 7.05 Å². The van der Waals surface area contributed by atoms with Crippen molar-refractivity contribution < 1.29 is 9.53 Å². The number of hydrogen-bond acceptors (Lipinski definition) is 3. The molecular weight excluding hydrogens is 154 g/mol. The number of ether oxygens (including phenoxy) is 1. The summed E-state index contributed by atoms with van der Waals surface area (Å²) in [4.78, 5) is 10.9. The molecule has 0 bridgehead atoms. The molecule has 0 atom stereocenters. The number of allylic oxidation sites excluding steroid dienone is 1. The molecule has 0 fully saturated rings. The molecule has 0 aliphatic carbocycles. The molecule has 0 saturated heterocycles. The zero-order valence-corrected chi connectivity index (χ0v) is 8.02. The summed E-state index contributed by atoms with van der Waals surface area (Å²) in [5, 5.41) is 2.85. The molecule has 0 heterocycles. The number of carbonyl (C=O) groups is 1. The van der Waals surface area contributed by atoms with E-state index in [-0.39, 0.29) is 5.97 Å². The monoisotopic (exact) mass is 171 g/mol. The van der Waals surface area contributed by atoms with Crippen LogP contribution in [0.4, 0.5) is 0 Å². The maximum Gasteiger partial charge on any atom is 0.332 e. The minimum Gasteiger partial charge on any atom is -0.462 e. The molecule has 3 heteroatoms. The lowest BCUT2D eigenvalue weighted by atomic mass is 10.4. The summed E-state index contributed by atoms with van der Waals surface area (Å²) in [7, 11) is 1.77. The Kier molecular flexibility index (Phi) is 6.15. The van der Waals surface area contributed by atoms with Gasteiger partial charge in [-0.25, -0.2) is 4.79 Å². The number of esters is 1. The van der Waals surface area contributed by atoms with Crippen molar-refractivity contribution in [1.29, 1.82) is 0 Å². The topological polar surface area (TPSA) is 38.3 Å². The van der Waals surface area contributed by atoms with E-state index in [1.807, 2.05) is 6.92 Å². The van der Waals surface area contributed by atoms with Gasteiger partial charge in [-0.05, 0) is 13.3 Å². The van der Waals surface area contributed by atoms with Gasteiger partial charge in [0.25, 0.3) is 0 Å². The van der Waals surface area contributed by atoms with Gasteiger partial charge >= 0.3 is 5.97 Å². The van der Waals surface area contributed by atoms with Gasteiger partial charge in [0, 0.05) is 18.8 Å². The lowest BCUT2D eigenvalue weighted by Crippen LogP contribution is -2.08. The predicted octanol–water partition coefficient (Wildman–Crippen LogP) is 1.45. The highest BCUT2D eigenvalue weighted by molar-refractivity contribution is 5.82. The largest absolute Gasteiger partial charge is 0.462 e. The van der Waals surface area contributed by atoms with E-state index in [1.165, 1.54) is 6.08 Å². The van der Waals surface area contributed by atoms with Crippen LogP contribution in [0.1, 0.15) is 26.7 Å². The van der Waals surface area contributed by atoms with Crippen molar-refractivity contribution in [3.05, 3.63) is 11.8 Å². The Morgan fingerprint density at radius 1 is 1.58 bits per heavy atom. The highest BCUT2D eigenvalue weighted by atomic mass is 16.5. The molecule has 0 rings (SSSR count). The van der Waals surface area contributed by atoms with Crippen molar-refractivity contribution in [2.45, 2.75) is 26.7 Å². The molecule has 0 aromatic carbocycles. The van der Waals surface area contributed by atoms with Gasteiger partial charge in [0.05, 0.1) is 6.61 Å². The van der Waals surface area contributed by atoms with Gasteiger partial charge in [-0.15, -0.1) is 0 Å². The summed E-state index contributed by atoms with van der Waals surface area (Å²) >= 11 is 0. The average molecular weight is 171 g/mol. The second-order valence-electron chi connectivity index (χ2n) is 2.60. The number of hydrogen-bond donors (Lipinski definition) is 1. The van der Waals surface area contributed by atoms with Gasteiger partial charge in [-0.3, -0.25) is 0 Å². The Morgan fingerprint density at radius 3 is 2.75 bits per heavy atom. The first-order valence-electron chi connectivity index (χ1n) is 4.23. The van der Waals surface area contributed by atoms with Gasteiger partial charge in [-0.1, -0.05) is 13.3 Å². The quantitative estimate of drug-likeness (QED) is 0.386. The second kappa shape index (κ2) is 6.70. The molecule has 70 valence electrons. The number of rotatable bonds is 5. The van der Waals surface area contributed by atoms with Crippen LogP contribution in [0.5, 0.6) is 0 Å². The third-order valence-electron chi connectivity index (χ3n) is 1.47. The molecule has 12 heavy (non-hydrogen) atoms. The normalized spacial score (nSPS) is 11.1. The zero-order valence-electron chi connectivity index (χ0n) is 8.02. The van der Waals surface area contributed by atoms with E-state index < -0.39 is 0 Å². The van der Waals surface area contributed by atoms with Crippen LogP contribution < -0.4 is 5.32 Å². The zero-order chi connectivity index (χ0) is 9.40. The van der Waals surface area contributed by atoms with Gasteiger partial charge in [0.15, 0.2) is 0 Å². The molecule has 0 radical (unpaired) electrons. The molecule has 0 unspecified atom stereocenters. The third kappa shape index (κ3) is 5.77. The van der Waals surface area contributed by atoms with E-state index in [9.17, 15) is 4.79 Å². The minimum absolute atomic E-state index is 0.268. The first kappa shape index (κ1) is 11.0. The van der Waals surface area contributed by atoms with Crippen molar-refractivity contribution in [1.82, 2.24) is 5.32 Å². The Balaban J connectivity index is 3.59. The summed E-state index contributed by atoms with van der Waals surface area (Å²) in [6.07, 6.45) is 3.43. The van der Waals surface area contributed by atoms with Crippen molar-refractivity contribution in [2.75, 3.05) is 13.7 Å². The van der Waals surface area contributed by atoms with E-state index in [0.717, 1.165) is 18.5 Å². The van der Waals surface area contributed by atoms with Gasteiger partial charge in [0.2, 0.25) is 0 Å². The second-order valence-corrected chi connectivity index (χ2v) is 2.60. The van der Waals surface area contributed by atoms with Crippen molar-refractivity contribution in [3.63, 3.8) is 0 Å². The molecule has 1 N–H and O–H groups in total. The van der Waals surface area contributed by atoms with Crippen LogP contribution in [0.2, 0.25) is 0 Å². The van der Waals surface area contributed by atoms with Crippen LogP contribution in [0.25, 0.3) is 0 Å². The van der Waals surface area contributed by atoms with Crippen LogP contribution in [0.3, 0.4) is 0 Å². The highest BCUT2D eigenvalue weighted by Crippen LogP contribution is 1.91. The van der Waals surface area contributed by atoms with E-state index in [0.29, 0.717) is 6.61 Å². The van der Waals surface area contributed by atoms with Crippen LogP contribution >= 0.6 is 0 Å². The van der Waals surface area contributed by atoms with E-state index >= 15 is 0 Å². The van der Waals surface area contributed by atoms with Crippen molar-refractivity contribution in [2.24, 2.45) is 0 Å². The smallest absolute Gasteiger partial charge is 0.332 e. The van der Waals surface area contributed by atoms with Crippen LogP contribution in [-0.4, -0.2) is 19.6 Å². The molecule has 0 aliphatic rings. The van der Waals surface area contributed by atoms with Crippen molar-refractivity contribution >= 4 is 5.97 Å². The Morgan fingerprint density at radius 2 is 2.25 bits per heavy atom. The molecule has 3 nitrogen and oxygen atoms in total. The first-order chi connectivity index (χ1) is 5.70. The van der Waals surface area contributed by atoms with Crippen LogP contribution in [0.15, 0.2) is 11.8 Å².